The highest BCUT2D eigenvalue weighted by Gasteiger charge is 2.19. The van der Waals surface area contributed by atoms with Crippen LogP contribution in [0.5, 0.6) is 0 Å². The third-order valence-corrected chi connectivity index (χ3v) is 2.93. The van der Waals surface area contributed by atoms with Crippen LogP contribution in [0.15, 0.2) is 24.3 Å². The number of pyridine rings is 1. The summed E-state index contributed by atoms with van der Waals surface area (Å²) in [5.41, 5.74) is 1.86. The molecule has 0 aliphatic rings. The van der Waals surface area contributed by atoms with Gasteiger partial charge in [0.25, 0.3) is 0 Å². The topological polar surface area (TPSA) is 24.9 Å². The molecule has 0 saturated heterocycles. The summed E-state index contributed by atoms with van der Waals surface area (Å²) in [4.78, 5) is 4.54. The molecule has 1 heterocycles. The number of nitrogens with one attached hydrogen (secondary N) is 1. The Morgan fingerprint density at radius 3 is 2.56 bits per heavy atom. The number of nitrogens with zero attached hydrogens (tertiary/aromatic N) is 1. The lowest BCUT2D eigenvalue weighted by Crippen LogP contribution is -2.16. The van der Waals surface area contributed by atoms with E-state index in [1.54, 1.807) is 6.07 Å². The van der Waals surface area contributed by atoms with E-state index in [2.05, 4.69) is 37.1 Å². The second-order valence-electron chi connectivity index (χ2n) is 5.50. The van der Waals surface area contributed by atoms with Crippen molar-refractivity contribution in [2.45, 2.75) is 33.1 Å². The number of anilines is 1. The Morgan fingerprint density at radius 1 is 1.22 bits per heavy atom. The molecule has 1 aromatic heterocycles. The van der Waals surface area contributed by atoms with E-state index >= 15 is 0 Å². The largest absolute Gasteiger partial charge is 0.370 e. The average molecular weight is 246 g/mol. The molecule has 0 bridgehead atoms. The number of halogens is 1. The van der Waals surface area contributed by atoms with Gasteiger partial charge in [-0.2, -0.15) is 0 Å². The normalized spacial score (nSPS) is 11.8. The van der Waals surface area contributed by atoms with Gasteiger partial charge in [-0.25, -0.2) is 9.37 Å². The Kier molecular flexibility index (Phi) is 3.24. The second-order valence-corrected chi connectivity index (χ2v) is 5.50. The molecule has 2 nitrogen and oxygen atoms in total. The summed E-state index contributed by atoms with van der Waals surface area (Å²) in [5, 5.41) is 4.24. The van der Waals surface area contributed by atoms with Crippen LogP contribution in [0.2, 0.25) is 0 Å². The van der Waals surface area contributed by atoms with Crippen molar-refractivity contribution < 1.29 is 4.39 Å². The Morgan fingerprint density at radius 2 is 1.94 bits per heavy atom. The lowest BCUT2D eigenvalue weighted by atomic mass is 9.86. The third-order valence-electron chi connectivity index (χ3n) is 2.93. The number of hydrogen-bond donors (Lipinski definition) is 1. The summed E-state index contributed by atoms with van der Waals surface area (Å²) in [7, 11) is 0. The van der Waals surface area contributed by atoms with E-state index in [1.807, 2.05) is 6.92 Å². The Bertz CT molecular complexity index is 570. The molecule has 18 heavy (non-hydrogen) atoms. The van der Waals surface area contributed by atoms with Gasteiger partial charge < -0.3 is 5.32 Å². The van der Waals surface area contributed by atoms with Gasteiger partial charge in [-0.05, 0) is 30.5 Å². The van der Waals surface area contributed by atoms with Crippen LogP contribution in [0.1, 0.15) is 33.3 Å². The van der Waals surface area contributed by atoms with E-state index in [0.717, 1.165) is 23.3 Å². The number of rotatable bonds is 2. The molecule has 2 rings (SSSR count). The Balaban J connectivity index is 2.68. The van der Waals surface area contributed by atoms with Crippen LogP contribution in [0.3, 0.4) is 0 Å². The van der Waals surface area contributed by atoms with Crippen LogP contribution >= 0.6 is 0 Å². The summed E-state index contributed by atoms with van der Waals surface area (Å²) in [6.07, 6.45) is 0. The predicted octanol–water partition coefficient (Wildman–Crippen LogP) is 4.10. The van der Waals surface area contributed by atoms with E-state index in [0.29, 0.717) is 5.52 Å². The van der Waals surface area contributed by atoms with Crippen molar-refractivity contribution in [3.8, 4) is 0 Å². The quantitative estimate of drug-likeness (QED) is 0.862. The highest BCUT2D eigenvalue weighted by Crippen LogP contribution is 2.31. The molecule has 1 aromatic carbocycles. The van der Waals surface area contributed by atoms with Gasteiger partial charge in [0.15, 0.2) is 0 Å². The van der Waals surface area contributed by atoms with Crippen molar-refractivity contribution in [3.05, 3.63) is 35.6 Å². The molecule has 0 amide bonds. The van der Waals surface area contributed by atoms with E-state index in [1.165, 1.54) is 12.1 Å². The second kappa shape index (κ2) is 4.56. The van der Waals surface area contributed by atoms with Crippen LogP contribution in [0, 0.1) is 5.82 Å². The Hall–Kier alpha value is -1.64. The summed E-state index contributed by atoms with van der Waals surface area (Å²) in [6, 6.07) is 6.83. The number of fused-ring (bicyclic) bond motifs is 1. The minimum Gasteiger partial charge on any atom is -0.370 e. The molecule has 0 aliphatic carbocycles. The number of aromatic nitrogens is 1. The molecule has 0 fully saturated rings. The van der Waals surface area contributed by atoms with Crippen molar-refractivity contribution in [1.82, 2.24) is 4.98 Å². The zero-order valence-electron chi connectivity index (χ0n) is 11.3. The van der Waals surface area contributed by atoms with Crippen LogP contribution < -0.4 is 5.32 Å². The molecule has 3 heteroatoms. The van der Waals surface area contributed by atoms with Gasteiger partial charge in [-0.15, -0.1) is 0 Å². The van der Waals surface area contributed by atoms with Crippen molar-refractivity contribution >= 4 is 16.7 Å². The fraction of sp³-hybridized carbons (Fsp3) is 0.400. The third kappa shape index (κ3) is 2.45. The van der Waals surface area contributed by atoms with Gasteiger partial charge in [-0.1, -0.05) is 20.8 Å². The fourth-order valence-electron chi connectivity index (χ4n) is 2.01. The van der Waals surface area contributed by atoms with Gasteiger partial charge in [0.05, 0.1) is 5.52 Å². The monoisotopic (exact) mass is 246 g/mol. The first-order chi connectivity index (χ1) is 8.41. The average Bonchev–Trinajstić information content (AvgIpc) is 2.27. The Labute approximate surface area is 107 Å². The van der Waals surface area contributed by atoms with Gasteiger partial charge >= 0.3 is 0 Å². The maximum absolute atomic E-state index is 13.2. The van der Waals surface area contributed by atoms with Gasteiger partial charge in [0, 0.05) is 23.6 Å². The van der Waals surface area contributed by atoms with Crippen LogP contribution in [-0.2, 0) is 5.41 Å². The summed E-state index contributed by atoms with van der Waals surface area (Å²) in [6.45, 7) is 9.29. The molecule has 0 aliphatic heterocycles. The van der Waals surface area contributed by atoms with Crippen molar-refractivity contribution in [1.29, 1.82) is 0 Å². The van der Waals surface area contributed by atoms with Crippen LogP contribution in [0.25, 0.3) is 10.9 Å². The molecule has 0 spiro atoms. The van der Waals surface area contributed by atoms with E-state index in [9.17, 15) is 4.39 Å². The minimum atomic E-state index is -0.249. The lowest BCUT2D eigenvalue weighted by molar-refractivity contribution is 0.590. The van der Waals surface area contributed by atoms with Gasteiger partial charge in [0.2, 0.25) is 0 Å². The molecule has 96 valence electrons. The van der Waals surface area contributed by atoms with Gasteiger partial charge in [0.1, 0.15) is 11.6 Å². The van der Waals surface area contributed by atoms with E-state index < -0.39 is 0 Å². The zero-order valence-corrected chi connectivity index (χ0v) is 11.3. The van der Waals surface area contributed by atoms with Crippen molar-refractivity contribution in [2.75, 3.05) is 11.9 Å². The molecule has 0 unspecified atom stereocenters. The highest BCUT2D eigenvalue weighted by molar-refractivity contribution is 5.82. The maximum atomic E-state index is 13.2. The molecular weight excluding hydrogens is 227 g/mol. The fourth-order valence-corrected chi connectivity index (χ4v) is 2.01. The van der Waals surface area contributed by atoms with Crippen molar-refractivity contribution in [2.24, 2.45) is 0 Å². The molecule has 0 saturated carbocycles. The zero-order chi connectivity index (χ0) is 13.3. The summed E-state index contributed by atoms with van der Waals surface area (Å²) in [5.74, 6) is 0.601. The first kappa shape index (κ1) is 12.8. The molecule has 1 N–H and O–H groups in total. The first-order valence-corrected chi connectivity index (χ1v) is 6.26. The standard InChI is InChI=1S/C15H19FN2/c1-5-17-14-12(15(2,3)4)8-10-6-7-11(16)9-13(10)18-14/h6-9H,5H2,1-4H3,(H,17,18). The summed E-state index contributed by atoms with van der Waals surface area (Å²) < 4.78 is 13.2. The smallest absolute Gasteiger partial charge is 0.130 e. The highest BCUT2D eigenvalue weighted by atomic mass is 19.1. The summed E-state index contributed by atoms with van der Waals surface area (Å²) >= 11 is 0. The van der Waals surface area contributed by atoms with Crippen molar-refractivity contribution in [3.63, 3.8) is 0 Å². The van der Waals surface area contributed by atoms with E-state index in [-0.39, 0.29) is 11.2 Å². The van der Waals surface area contributed by atoms with Crippen LogP contribution in [0.4, 0.5) is 10.2 Å². The lowest BCUT2D eigenvalue weighted by Gasteiger charge is -2.23. The molecular formula is C15H19FN2. The molecule has 0 atom stereocenters. The molecule has 0 radical (unpaired) electrons. The molecule has 2 aromatic rings. The first-order valence-electron chi connectivity index (χ1n) is 6.26. The predicted molar refractivity (Wildman–Crippen MR) is 74.6 cm³/mol. The number of benzene rings is 1. The SMILES string of the molecule is CCNc1nc2cc(F)ccc2cc1C(C)(C)C. The van der Waals surface area contributed by atoms with Crippen LogP contribution in [-0.4, -0.2) is 11.5 Å². The van der Waals surface area contributed by atoms with Gasteiger partial charge in [-0.3, -0.25) is 0 Å². The number of hydrogen-bond acceptors (Lipinski definition) is 2. The maximum Gasteiger partial charge on any atom is 0.130 e. The van der Waals surface area contributed by atoms with E-state index in [4.69, 9.17) is 0 Å². The minimum absolute atomic E-state index is 0.00702.